The van der Waals surface area contributed by atoms with Crippen LogP contribution in [0.4, 0.5) is 0 Å². The molecule has 108 valence electrons. The highest BCUT2D eigenvalue weighted by molar-refractivity contribution is 5.80. The molecule has 5 atom stereocenters. The molecule has 0 bridgehead atoms. The molecule has 3 aliphatic rings. The van der Waals surface area contributed by atoms with E-state index in [-0.39, 0.29) is 30.2 Å². The first kappa shape index (κ1) is 13.3. The second-order valence-electron chi connectivity index (χ2n) is 6.18. The van der Waals surface area contributed by atoms with Crippen molar-refractivity contribution >= 4 is 5.91 Å². The largest absolute Gasteiger partial charge is 0.350 e. The molecular weight excluding hydrogens is 240 g/mol. The highest BCUT2D eigenvalue weighted by Gasteiger charge is 2.46. The van der Waals surface area contributed by atoms with Crippen LogP contribution in [0.25, 0.3) is 0 Å². The molecule has 19 heavy (non-hydrogen) atoms. The monoisotopic (exact) mass is 266 g/mol. The van der Waals surface area contributed by atoms with E-state index in [0.29, 0.717) is 5.92 Å². The number of piperidine rings is 2. The van der Waals surface area contributed by atoms with Gasteiger partial charge in [0, 0.05) is 0 Å². The van der Waals surface area contributed by atoms with Crippen LogP contribution in [0.3, 0.4) is 0 Å². The molecule has 3 saturated heterocycles. The van der Waals surface area contributed by atoms with Crippen LogP contribution in [0.15, 0.2) is 0 Å². The molecule has 0 aliphatic carbocycles. The fourth-order valence-electron chi connectivity index (χ4n) is 3.95. The first-order valence-corrected chi connectivity index (χ1v) is 7.75. The number of nitrogens with one attached hydrogen (secondary N) is 3. The van der Waals surface area contributed by atoms with Crippen LogP contribution in [-0.4, -0.2) is 48.8 Å². The molecule has 5 unspecified atom stereocenters. The summed E-state index contributed by atoms with van der Waals surface area (Å²) >= 11 is 0. The standard InChI is InChI=1S/C14H26N4O/c1-3-18-12-10(5-4-7-15-12)14(19)17-11-9(2)6-8-16-13(11)18/h9-13,15-16H,3-8H2,1-2H3,(H,17,19). The van der Waals surface area contributed by atoms with Crippen molar-refractivity contribution in [3.05, 3.63) is 0 Å². The van der Waals surface area contributed by atoms with Gasteiger partial charge < -0.3 is 10.6 Å². The minimum absolute atomic E-state index is 0.105. The molecule has 5 nitrogen and oxygen atoms in total. The summed E-state index contributed by atoms with van der Waals surface area (Å²) < 4.78 is 0. The molecule has 1 amide bonds. The Morgan fingerprint density at radius 1 is 1.21 bits per heavy atom. The van der Waals surface area contributed by atoms with Gasteiger partial charge in [-0.1, -0.05) is 13.8 Å². The smallest absolute Gasteiger partial charge is 0.226 e. The number of carbonyl (C=O) groups excluding carboxylic acids is 1. The van der Waals surface area contributed by atoms with Crippen molar-refractivity contribution in [1.29, 1.82) is 0 Å². The maximum Gasteiger partial charge on any atom is 0.226 e. The predicted molar refractivity (Wildman–Crippen MR) is 74.4 cm³/mol. The van der Waals surface area contributed by atoms with Gasteiger partial charge in [-0.05, 0) is 44.8 Å². The molecular formula is C14H26N4O. The van der Waals surface area contributed by atoms with Gasteiger partial charge in [0.2, 0.25) is 5.91 Å². The van der Waals surface area contributed by atoms with Crippen LogP contribution in [-0.2, 0) is 4.79 Å². The van der Waals surface area contributed by atoms with Crippen molar-refractivity contribution in [3.63, 3.8) is 0 Å². The average molecular weight is 266 g/mol. The van der Waals surface area contributed by atoms with Gasteiger partial charge in [0.25, 0.3) is 0 Å². The van der Waals surface area contributed by atoms with E-state index in [1.54, 1.807) is 0 Å². The Balaban J connectivity index is 1.91. The maximum absolute atomic E-state index is 12.5. The van der Waals surface area contributed by atoms with E-state index in [2.05, 4.69) is 34.7 Å². The normalized spacial score (nSPS) is 43.9. The Hall–Kier alpha value is -0.650. The lowest BCUT2D eigenvalue weighted by atomic mass is 9.91. The first-order valence-electron chi connectivity index (χ1n) is 7.75. The molecule has 3 N–H and O–H groups in total. The van der Waals surface area contributed by atoms with Crippen LogP contribution in [0.1, 0.15) is 33.1 Å². The zero-order valence-electron chi connectivity index (χ0n) is 12.0. The van der Waals surface area contributed by atoms with Crippen LogP contribution in [0.2, 0.25) is 0 Å². The third kappa shape index (κ3) is 2.28. The Morgan fingerprint density at radius 3 is 2.79 bits per heavy atom. The maximum atomic E-state index is 12.5. The van der Waals surface area contributed by atoms with Gasteiger partial charge in [0.05, 0.1) is 24.3 Å². The zero-order valence-corrected chi connectivity index (χ0v) is 12.0. The minimum atomic E-state index is 0.105. The van der Waals surface area contributed by atoms with Crippen LogP contribution < -0.4 is 16.0 Å². The van der Waals surface area contributed by atoms with Crippen molar-refractivity contribution < 1.29 is 4.79 Å². The van der Waals surface area contributed by atoms with E-state index in [0.717, 1.165) is 38.9 Å². The van der Waals surface area contributed by atoms with Crippen molar-refractivity contribution in [3.8, 4) is 0 Å². The van der Waals surface area contributed by atoms with Gasteiger partial charge in [-0.2, -0.15) is 0 Å². The van der Waals surface area contributed by atoms with Crippen LogP contribution in [0.5, 0.6) is 0 Å². The van der Waals surface area contributed by atoms with Crippen molar-refractivity contribution in [2.75, 3.05) is 19.6 Å². The average Bonchev–Trinajstić information content (AvgIpc) is 2.55. The number of hydrogen-bond donors (Lipinski definition) is 3. The lowest BCUT2D eigenvalue weighted by molar-refractivity contribution is -0.127. The molecule has 3 heterocycles. The molecule has 5 heteroatoms. The Bertz CT molecular complexity index is 348. The molecule has 0 aromatic carbocycles. The van der Waals surface area contributed by atoms with Gasteiger partial charge in [-0.3, -0.25) is 15.0 Å². The van der Waals surface area contributed by atoms with Crippen molar-refractivity contribution in [2.45, 2.75) is 51.5 Å². The summed E-state index contributed by atoms with van der Waals surface area (Å²) in [6.45, 7) is 7.50. The quantitative estimate of drug-likeness (QED) is 0.629. The van der Waals surface area contributed by atoms with E-state index < -0.39 is 0 Å². The van der Waals surface area contributed by atoms with Gasteiger partial charge in [0.1, 0.15) is 0 Å². The lowest BCUT2D eigenvalue weighted by Gasteiger charge is -2.45. The van der Waals surface area contributed by atoms with E-state index in [1.165, 1.54) is 0 Å². The topological polar surface area (TPSA) is 56.4 Å². The Kier molecular flexibility index (Phi) is 3.78. The molecule has 0 aromatic heterocycles. The Morgan fingerprint density at radius 2 is 2.00 bits per heavy atom. The number of amides is 1. The minimum Gasteiger partial charge on any atom is -0.350 e. The van der Waals surface area contributed by atoms with E-state index in [4.69, 9.17) is 0 Å². The van der Waals surface area contributed by atoms with Crippen molar-refractivity contribution in [2.24, 2.45) is 11.8 Å². The number of nitrogens with zero attached hydrogens (tertiary/aromatic N) is 1. The molecule has 0 spiro atoms. The number of fused-ring (bicyclic) bond motifs is 2. The molecule has 3 fully saturated rings. The van der Waals surface area contributed by atoms with E-state index in [9.17, 15) is 4.79 Å². The highest BCUT2D eigenvalue weighted by atomic mass is 16.2. The number of likely N-dealkylation sites (N-methyl/N-ethyl adjacent to an activating group) is 1. The summed E-state index contributed by atoms with van der Waals surface area (Å²) in [5.41, 5.74) is 0. The number of hydrogen-bond acceptors (Lipinski definition) is 4. The fraction of sp³-hybridized carbons (Fsp3) is 0.929. The number of rotatable bonds is 1. The van der Waals surface area contributed by atoms with E-state index in [1.807, 2.05) is 0 Å². The third-order valence-electron chi connectivity index (χ3n) is 5.06. The predicted octanol–water partition coefficient (Wildman–Crippen LogP) is 0.0879. The first-order chi connectivity index (χ1) is 9.22. The SMILES string of the molecule is CCN1C2NCCCC2C(=O)NC2C(C)CCNC21. The van der Waals surface area contributed by atoms with Crippen LogP contribution in [0, 0.1) is 11.8 Å². The lowest BCUT2D eigenvalue weighted by Crippen LogP contribution is -2.65. The number of carbonyl (C=O) groups is 1. The van der Waals surface area contributed by atoms with Gasteiger partial charge >= 0.3 is 0 Å². The second kappa shape index (κ2) is 5.38. The summed E-state index contributed by atoms with van der Waals surface area (Å²) in [4.78, 5) is 15.0. The summed E-state index contributed by atoms with van der Waals surface area (Å²) in [6.07, 6.45) is 3.73. The summed E-state index contributed by atoms with van der Waals surface area (Å²) in [5, 5.41) is 10.5. The molecule has 0 aromatic rings. The molecule has 3 aliphatic heterocycles. The highest BCUT2D eigenvalue weighted by Crippen LogP contribution is 2.29. The van der Waals surface area contributed by atoms with E-state index >= 15 is 0 Å². The molecule has 0 radical (unpaired) electrons. The Labute approximate surface area is 115 Å². The van der Waals surface area contributed by atoms with Crippen LogP contribution >= 0.6 is 0 Å². The molecule has 0 saturated carbocycles. The van der Waals surface area contributed by atoms with Gasteiger partial charge in [0.15, 0.2) is 0 Å². The summed E-state index contributed by atoms with van der Waals surface area (Å²) in [7, 11) is 0. The zero-order chi connectivity index (χ0) is 13.4. The fourth-order valence-corrected chi connectivity index (χ4v) is 3.95. The summed E-state index contributed by atoms with van der Waals surface area (Å²) in [6, 6.07) is 0.244. The third-order valence-corrected chi connectivity index (χ3v) is 5.06. The van der Waals surface area contributed by atoms with Gasteiger partial charge in [-0.15, -0.1) is 0 Å². The summed E-state index contributed by atoms with van der Waals surface area (Å²) in [5.74, 6) is 0.899. The molecule has 3 rings (SSSR count). The van der Waals surface area contributed by atoms with Gasteiger partial charge in [-0.25, -0.2) is 0 Å². The second-order valence-corrected chi connectivity index (χ2v) is 6.18. The van der Waals surface area contributed by atoms with Crippen molar-refractivity contribution in [1.82, 2.24) is 20.9 Å².